The Morgan fingerprint density at radius 1 is 1.47 bits per heavy atom. The van der Waals surface area contributed by atoms with Crippen LogP contribution in [0.4, 0.5) is 8.78 Å². The van der Waals surface area contributed by atoms with E-state index in [2.05, 4.69) is 0 Å². The molecule has 82 valence electrons. The summed E-state index contributed by atoms with van der Waals surface area (Å²) in [5.74, 6) is -3.25. The Hall–Kier alpha value is -1.45. The standard InChI is InChI=1S/C11H12F2O2/c1-7(11(14)15)5-6-8-3-2-4-9(12)10(8)13/h2-4,7H,5-6H2,1H3,(H,14,15). The molecule has 0 radical (unpaired) electrons. The Balaban J connectivity index is 2.66. The van der Waals surface area contributed by atoms with Crippen molar-refractivity contribution in [3.63, 3.8) is 0 Å². The van der Waals surface area contributed by atoms with Crippen molar-refractivity contribution in [1.82, 2.24) is 0 Å². The number of carboxylic acid groups (broad SMARTS) is 1. The third-order valence-electron chi connectivity index (χ3n) is 2.30. The van der Waals surface area contributed by atoms with Gasteiger partial charge in [-0.2, -0.15) is 0 Å². The molecule has 2 nitrogen and oxygen atoms in total. The van der Waals surface area contributed by atoms with Gasteiger partial charge in [0.2, 0.25) is 0 Å². The van der Waals surface area contributed by atoms with E-state index < -0.39 is 23.5 Å². The van der Waals surface area contributed by atoms with Crippen LogP contribution in [0.3, 0.4) is 0 Å². The average Bonchev–Trinajstić information content (AvgIpc) is 2.19. The quantitative estimate of drug-likeness (QED) is 0.836. The van der Waals surface area contributed by atoms with Gasteiger partial charge in [-0.3, -0.25) is 4.79 Å². The molecule has 1 N–H and O–H groups in total. The molecular formula is C11H12F2O2. The van der Waals surface area contributed by atoms with Crippen LogP contribution in [-0.4, -0.2) is 11.1 Å². The van der Waals surface area contributed by atoms with Crippen LogP contribution in [0.25, 0.3) is 0 Å². The first-order chi connectivity index (χ1) is 7.02. The van der Waals surface area contributed by atoms with Gasteiger partial charge in [-0.25, -0.2) is 8.78 Å². The van der Waals surface area contributed by atoms with Crippen molar-refractivity contribution in [2.75, 3.05) is 0 Å². The molecule has 1 unspecified atom stereocenters. The minimum absolute atomic E-state index is 0.225. The molecule has 1 rings (SSSR count). The third-order valence-corrected chi connectivity index (χ3v) is 2.30. The number of carbonyl (C=O) groups is 1. The molecule has 1 aromatic carbocycles. The van der Waals surface area contributed by atoms with Crippen molar-refractivity contribution < 1.29 is 18.7 Å². The van der Waals surface area contributed by atoms with E-state index in [-0.39, 0.29) is 12.0 Å². The van der Waals surface area contributed by atoms with Crippen LogP contribution in [0, 0.1) is 17.6 Å². The molecule has 1 atom stereocenters. The van der Waals surface area contributed by atoms with Crippen molar-refractivity contribution in [3.05, 3.63) is 35.4 Å². The molecule has 0 amide bonds. The lowest BCUT2D eigenvalue weighted by Gasteiger charge is -2.06. The van der Waals surface area contributed by atoms with Crippen molar-refractivity contribution >= 4 is 5.97 Å². The summed E-state index contributed by atoms with van der Waals surface area (Å²) < 4.78 is 25.9. The van der Waals surface area contributed by atoms with E-state index in [1.54, 1.807) is 6.92 Å². The van der Waals surface area contributed by atoms with Crippen molar-refractivity contribution in [2.24, 2.45) is 5.92 Å². The second-order valence-electron chi connectivity index (χ2n) is 3.49. The summed E-state index contributed by atoms with van der Waals surface area (Å²) in [6, 6.07) is 3.92. The first-order valence-electron chi connectivity index (χ1n) is 4.68. The number of hydrogen-bond donors (Lipinski definition) is 1. The van der Waals surface area contributed by atoms with Gasteiger partial charge in [0.1, 0.15) is 0 Å². The van der Waals surface area contributed by atoms with Crippen LogP contribution < -0.4 is 0 Å². The van der Waals surface area contributed by atoms with Crippen LogP contribution in [0.5, 0.6) is 0 Å². The molecule has 0 aliphatic carbocycles. The fraction of sp³-hybridized carbons (Fsp3) is 0.364. The highest BCUT2D eigenvalue weighted by molar-refractivity contribution is 5.69. The molecule has 15 heavy (non-hydrogen) atoms. The maximum absolute atomic E-state index is 13.1. The van der Waals surface area contributed by atoms with E-state index in [0.717, 1.165) is 6.07 Å². The van der Waals surface area contributed by atoms with E-state index >= 15 is 0 Å². The zero-order chi connectivity index (χ0) is 11.4. The molecule has 0 bridgehead atoms. The lowest BCUT2D eigenvalue weighted by atomic mass is 10.0. The molecule has 0 spiro atoms. The summed E-state index contributed by atoms with van der Waals surface area (Å²) in [5.41, 5.74) is 0.225. The number of aliphatic carboxylic acids is 1. The Bertz CT molecular complexity index is 364. The van der Waals surface area contributed by atoms with E-state index in [9.17, 15) is 13.6 Å². The minimum atomic E-state index is -0.924. The van der Waals surface area contributed by atoms with Crippen LogP contribution in [0.1, 0.15) is 18.9 Å². The van der Waals surface area contributed by atoms with Gasteiger partial charge in [-0.05, 0) is 24.5 Å². The molecule has 1 aromatic rings. The summed E-state index contributed by atoms with van der Waals surface area (Å²) in [5, 5.41) is 8.62. The number of rotatable bonds is 4. The van der Waals surface area contributed by atoms with Gasteiger partial charge >= 0.3 is 5.97 Å². The second-order valence-corrected chi connectivity index (χ2v) is 3.49. The normalized spacial score (nSPS) is 12.5. The maximum atomic E-state index is 13.1. The monoisotopic (exact) mass is 214 g/mol. The van der Waals surface area contributed by atoms with Gasteiger partial charge in [-0.15, -0.1) is 0 Å². The highest BCUT2D eigenvalue weighted by Crippen LogP contribution is 2.15. The number of halogens is 2. The average molecular weight is 214 g/mol. The third kappa shape index (κ3) is 3.01. The Labute approximate surface area is 86.5 Å². The fourth-order valence-corrected chi connectivity index (χ4v) is 1.24. The number of aryl methyl sites for hydroxylation is 1. The number of hydrogen-bond acceptors (Lipinski definition) is 1. The highest BCUT2D eigenvalue weighted by Gasteiger charge is 2.13. The summed E-state index contributed by atoms with van der Waals surface area (Å²) >= 11 is 0. The predicted octanol–water partition coefficient (Wildman–Crippen LogP) is 2.62. The number of benzene rings is 1. The molecule has 0 aliphatic heterocycles. The summed E-state index contributed by atoms with van der Waals surface area (Å²) in [6.07, 6.45) is 0.534. The summed E-state index contributed by atoms with van der Waals surface area (Å²) in [6.45, 7) is 1.54. The van der Waals surface area contributed by atoms with Crippen LogP contribution in [-0.2, 0) is 11.2 Å². The van der Waals surface area contributed by atoms with E-state index in [1.165, 1.54) is 12.1 Å². The molecule has 0 saturated heterocycles. The largest absolute Gasteiger partial charge is 0.481 e. The van der Waals surface area contributed by atoms with Crippen molar-refractivity contribution in [3.8, 4) is 0 Å². The first kappa shape index (κ1) is 11.6. The lowest BCUT2D eigenvalue weighted by Crippen LogP contribution is -2.10. The zero-order valence-electron chi connectivity index (χ0n) is 8.34. The van der Waals surface area contributed by atoms with Crippen LogP contribution in [0.2, 0.25) is 0 Å². The molecular weight excluding hydrogens is 202 g/mol. The van der Waals surface area contributed by atoms with Gasteiger partial charge in [-0.1, -0.05) is 19.1 Å². The fourth-order valence-electron chi connectivity index (χ4n) is 1.24. The molecule has 0 fully saturated rings. The molecule has 0 aromatic heterocycles. The molecule has 4 heteroatoms. The lowest BCUT2D eigenvalue weighted by molar-refractivity contribution is -0.141. The van der Waals surface area contributed by atoms with Crippen molar-refractivity contribution in [2.45, 2.75) is 19.8 Å². The second kappa shape index (κ2) is 4.87. The van der Waals surface area contributed by atoms with Gasteiger partial charge in [0.05, 0.1) is 5.92 Å². The molecule has 0 heterocycles. The highest BCUT2D eigenvalue weighted by atomic mass is 19.2. The zero-order valence-corrected chi connectivity index (χ0v) is 8.34. The summed E-state index contributed by atoms with van der Waals surface area (Å²) in [7, 11) is 0. The minimum Gasteiger partial charge on any atom is -0.481 e. The number of carboxylic acids is 1. The van der Waals surface area contributed by atoms with Crippen LogP contribution in [0.15, 0.2) is 18.2 Å². The van der Waals surface area contributed by atoms with Gasteiger partial charge in [0, 0.05) is 0 Å². The Kier molecular flexibility index (Phi) is 3.77. The first-order valence-corrected chi connectivity index (χ1v) is 4.68. The topological polar surface area (TPSA) is 37.3 Å². The van der Waals surface area contributed by atoms with E-state index in [4.69, 9.17) is 5.11 Å². The van der Waals surface area contributed by atoms with Gasteiger partial charge in [0.15, 0.2) is 11.6 Å². The van der Waals surface area contributed by atoms with Gasteiger partial charge in [0.25, 0.3) is 0 Å². The van der Waals surface area contributed by atoms with E-state index in [0.29, 0.717) is 6.42 Å². The Morgan fingerprint density at radius 2 is 2.13 bits per heavy atom. The Morgan fingerprint density at radius 3 is 2.73 bits per heavy atom. The predicted molar refractivity (Wildman–Crippen MR) is 51.5 cm³/mol. The van der Waals surface area contributed by atoms with E-state index in [1.807, 2.05) is 0 Å². The molecule has 0 aliphatic rings. The smallest absolute Gasteiger partial charge is 0.306 e. The maximum Gasteiger partial charge on any atom is 0.306 e. The van der Waals surface area contributed by atoms with Crippen LogP contribution >= 0.6 is 0 Å². The molecule has 0 saturated carbocycles. The SMILES string of the molecule is CC(CCc1cccc(F)c1F)C(=O)O. The van der Waals surface area contributed by atoms with Gasteiger partial charge < -0.3 is 5.11 Å². The summed E-state index contributed by atoms with van der Waals surface area (Å²) in [4.78, 5) is 10.5. The van der Waals surface area contributed by atoms with Crippen molar-refractivity contribution in [1.29, 1.82) is 0 Å².